The largest absolute Gasteiger partial charge is 0.236 e. The van der Waals surface area contributed by atoms with Gasteiger partial charge in [-0.3, -0.25) is 0 Å². The number of rotatable bonds is 4. The van der Waals surface area contributed by atoms with Crippen LogP contribution in [0.4, 0.5) is 0 Å². The van der Waals surface area contributed by atoms with Gasteiger partial charge in [-0.05, 0) is 17.9 Å². The van der Waals surface area contributed by atoms with Crippen LogP contribution in [0, 0.1) is 0 Å². The van der Waals surface area contributed by atoms with Crippen LogP contribution in [0.1, 0.15) is 5.56 Å². The summed E-state index contributed by atoms with van der Waals surface area (Å²) < 4.78 is 45.1. The molecule has 0 spiro atoms. The molecule has 0 aromatic heterocycles. The van der Waals surface area contributed by atoms with Gasteiger partial charge < -0.3 is 0 Å². The molecular formula is C9H11ClO4S3. The molecule has 17 heavy (non-hydrogen) atoms. The Kier molecular flexibility index (Phi) is 4.51. The first-order valence-electron chi connectivity index (χ1n) is 4.43. The molecule has 1 aromatic rings. The average Bonchev–Trinajstić information content (AvgIpc) is 2.13. The first-order chi connectivity index (χ1) is 7.65. The summed E-state index contributed by atoms with van der Waals surface area (Å²) >= 11 is 1.19. The van der Waals surface area contributed by atoms with E-state index in [1.807, 2.05) is 0 Å². The molecule has 1 aromatic carbocycles. The molecule has 0 atom stereocenters. The van der Waals surface area contributed by atoms with Gasteiger partial charge in [0.25, 0.3) is 0 Å². The second-order valence-corrected chi connectivity index (χ2v) is 8.98. The molecule has 0 bridgehead atoms. The molecular weight excluding hydrogens is 304 g/mol. The summed E-state index contributed by atoms with van der Waals surface area (Å²) in [7, 11) is -1.91. The maximum Gasteiger partial charge on any atom is 0.236 e. The fourth-order valence-corrected chi connectivity index (χ4v) is 4.61. The molecule has 4 nitrogen and oxygen atoms in total. The average molecular weight is 315 g/mol. The third kappa shape index (κ3) is 4.17. The lowest BCUT2D eigenvalue weighted by molar-refractivity contribution is 0.598. The highest BCUT2D eigenvalue weighted by Crippen LogP contribution is 2.30. The van der Waals surface area contributed by atoms with E-state index < -0.39 is 18.9 Å². The second kappa shape index (κ2) is 5.17. The van der Waals surface area contributed by atoms with Crippen LogP contribution in [0.2, 0.25) is 0 Å². The van der Waals surface area contributed by atoms with Crippen molar-refractivity contribution in [2.45, 2.75) is 15.5 Å². The predicted octanol–water partition coefficient (Wildman–Crippen LogP) is 1.88. The van der Waals surface area contributed by atoms with E-state index in [1.54, 1.807) is 12.3 Å². The van der Waals surface area contributed by atoms with Crippen LogP contribution >= 0.6 is 22.4 Å². The van der Waals surface area contributed by atoms with Gasteiger partial charge in [0.1, 0.15) is 0 Å². The lowest BCUT2D eigenvalue weighted by atomic mass is 10.2. The van der Waals surface area contributed by atoms with Gasteiger partial charge in [0.2, 0.25) is 9.05 Å². The Morgan fingerprint density at radius 1 is 1.24 bits per heavy atom. The zero-order valence-corrected chi connectivity index (χ0v) is 12.4. The zero-order valence-electron chi connectivity index (χ0n) is 9.17. The molecule has 0 aliphatic rings. The van der Waals surface area contributed by atoms with Gasteiger partial charge in [-0.1, -0.05) is 12.1 Å². The Morgan fingerprint density at radius 2 is 1.82 bits per heavy atom. The summed E-state index contributed by atoms with van der Waals surface area (Å²) in [6, 6.07) is 4.51. The van der Waals surface area contributed by atoms with E-state index in [9.17, 15) is 16.8 Å². The maximum atomic E-state index is 11.5. The number of thioether (sulfide) groups is 1. The van der Waals surface area contributed by atoms with E-state index in [0.29, 0.717) is 10.5 Å². The molecule has 0 unspecified atom stereocenters. The Labute approximate surface area is 110 Å². The standard InChI is InChI=1S/C9H11ClO4S3/c1-15-9-7(6-17(10,13)14)4-3-5-8(9)16(2,11)12/h3-5H,6H2,1-2H3. The quantitative estimate of drug-likeness (QED) is 0.627. The molecule has 0 amide bonds. The molecule has 96 valence electrons. The number of hydrogen-bond acceptors (Lipinski definition) is 5. The number of sulfone groups is 1. The summed E-state index contributed by atoms with van der Waals surface area (Å²) in [5, 5.41) is 0. The zero-order chi connectivity index (χ0) is 13.3. The monoisotopic (exact) mass is 314 g/mol. The Bertz CT molecular complexity index is 620. The molecule has 0 heterocycles. The van der Waals surface area contributed by atoms with Crippen molar-refractivity contribution in [3.63, 3.8) is 0 Å². The van der Waals surface area contributed by atoms with Gasteiger partial charge in [-0.15, -0.1) is 11.8 Å². The van der Waals surface area contributed by atoms with E-state index in [4.69, 9.17) is 10.7 Å². The molecule has 0 fully saturated rings. The van der Waals surface area contributed by atoms with Crippen molar-refractivity contribution in [2.75, 3.05) is 12.5 Å². The molecule has 1 rings (SSSR count). The third-order valence-corrected chi connectivity index (χ3v) is 5.13. The summed E-state index contributed by atoms with van der Waals surface area (Å²) in [6.07, 6.45) is 2.77. The number of halogens is 1. The van der Waals surface area contributed by atoms with Crippen molar-refractivity contribution < 1.29 is 16.8 Å². The van der Waals surface area contributed by atoms with Crippen molar-refractivity contribution in [3.8, 4) is 0 Å². The van der Waals surface area contributed by atoms with E-state index in [0.717, 1.165) is 6.26 Å². The number of benzene rings is 1. The normalized spacial score (nSPS) is 12.6. The minimum atomic E-state index is -3.71. The first kappa shape index (κ1) is 14.8. The Balaban J connectivity index is 3.45. The van der Waals surface area contributed by atoms with Crippen LogP contribution in [-0.2, 0) is 24.6 Å². The molecule has 0 aliphatic carbocycles. The van der Waals surface area contributed by atoms with Crippen LogP contribution in [0.25, 0.3) is 0 Å². The molecule has 0 N–H and O–H groups in total. The van der Waals surface area contributed by atoms with Gasteiger partial charge in [-0.25, -0.2) is 16.8 Å². The van der Waals surface area contributed by atoms with Gasteiger partial charge in [0, 0.05) is 21.8 Å². The van der Waals surface area contributed by atoms with E-state index >= 15 is 0 Å². The Hall–Kier alpha value is -0.240. The minimum Gasteiger partial charge on any atom is -0.224 e. The van der Waals surface area contributed by atoms with Crippen molar-refractivity contribution in [2.24, 2.45) is 0 Å². The van der Waals surface area contributed by atoms with E-state index in [-0.39, 0.29) is 10.6 Å². The molecule has 0 saturated carbocycles. The minimum absolute atomic E-state index is 0.128. The van der Waals surface area contributed by atoms with Gasteiger partial charge >= 0.3 is 0 Å². The Morgan fingerprint density at radius 3 is 2.24 bits per heavy atom. The van der Waals surface area contributed by atoms with Crippen molar-refractivity contribution in [1.29, 1.82) is 0 Å². The molecule has 0 saturated heterocycles. The van der Waals surface area contributed by atoms with Gasteiger partial charge in [0.15, 0.2) is 9.84 Å². The fourth-order valence-electron chi connectivity index (χ4n) is 1.38. The highest BCUT2D eigenvalue weighted by molar-refractivity contribution is 8.13. The van der Waals surface area contributed by atoms with E-state index in [2.05, 4.69) is 0 Å². The van der Waals surface area contributed by atoms with Crippen molar-refractivity contribution in [1.82, 2.24) is 0 Å². The molecule has 0 radical (unpaired) electrons. The topological polar surface area (TPSA) is 68.3 Å². The van der Waals surface area contributed by atoms with E-state index in [1.165, 1.54) is 23.9 Å². The lowest BCUT2D eigenvalue weighted by Gasteiger charge is -2.10. The van der Waals surface area contributed by atoms with Crippen molar-refractivity contribution >= 4 is 41.3 Å². The smallest absolute Gasteiger partial charge is 0.224 e. The molecule has 0 aliphatic heterocycles. The maximum absolute atomic E-state index is 11.5. The van der Waals surface area contributed by atoms with Crippen LogP contribution in [0.5, 0.6) is 0 Å². The first-order valence-corrected chi connectivity index (χ1v) is 10.0. The second-order valence-electron chi connectivity index (χ2n) is 3.40. The van der Waals surface area contributed by atoms with Crippen molar-refractivity contribution in [3.05, 3.63) is 23.8 Å². The summed E-state index contributed by atoms with van der Waals surface area (Å²) in [4.78, 5) is 0.557. The summed E-state index contributed by atoms with van der Waals surface area (Å²) in [5.41, 5.74) is 0.399. The third-order valence-electron chi connectivity index (χ3n) is 1.99. The highest BCUT2D eigenvalue weighted by atomic mass is 35.7. The van der Waals surface area contributed by atoms with Gasteiger partial charge in [0.05, 0.1) is 10.6 Å². The molecule has 8 heteroatoms. The number of hydrogen-bond donors (Lipinski definition) is 0. The predicted molar refractivity (Wildman–Crippen MR) is 69.8 cm³/mol. The van der Waals surface area contributed by atoms with Gasteiger partial charge in [-0.2, -0.15) is 0 Å². The fraction of sp³-hybridized carbons (Fsp3) is 0.333. The summed E-state index contributed by atoms with van der Waals surface area (Å²) in [6.45, 7) is 0. The summed E-state index contributed by atoms with van der Waals surface area (Å²) in [5.74, 6) is -0.381. The van der Waals surface area contributed by atoms with Crippen LogP contribution in [0.3, 0.4) is 0 Å². The highest BCUT2D eigenvalue weighted by Gasteiger charge is 2.18. The van der Waals surface area contributed by atoms with Crippen LogP contribution in [-0.4, -0.2) is 29.3 Å². The van der Waals surface area contributed by atoms with Crippen LogP contribution in [0.15, 0.2) is 28.0 Å². The van der Waals surface area contributed by atoms with Crippen LogP contribution < -0.4 is 0 Å². The lowest BCUT2D eigenvalue weighted by Crippen LogP contribution is -2.04. The SMILES string of the molecule is CSc1c(CS(=O)(=O)Cl)cccc1S(C)(=O)=O.